The number of fused-ring (bicyclic) bond motifs is 1. The molecule has 0 saturated heterocycles. The summed E-state index contributed by atoms with van der Waals surface area (Å²) in [4.78, 5) is 7.77. The summed E-state index contributed by atoms with van der Waals surface area (Å²) in [5, 5.41) is 6.50. The molecule has 0 unspecified atom stereocenters. The van der Waals surface area contributed by atoms with Gasteiger partial charge in [0.15, 0.2) is 0 Å². The highest BCUT2D eigenvalue weighted by Crippen LogP contribution is 2.51. The Morgan fingerprint density at radius 1 is 1.42 bits per heavy atom. The standard InChI is InChI=1S/C10H9ClF3N5/c1-5-6(11)17-8-15-4-16-19(8)7(5)18-9(2-3-9)10(12,13)14/h4,18H,2-3H2,1H3. The molecule has 0 bridgehead atoms. The van der Waals surface area contributed by atoms with E-state index in [4.69, 9.17) is 11.6 Å². The van der Waals surface area contributed by atoms with E-state index in [1.54, 1.807) is 6.92 Å². The highest BCUT2D eigenvalue weighted by atomic mass is 35.5. The summed E-state index contributed by atoms with van der Waals surface area (Å²) in [5.74, 6) is 0.346. The second-order valence-corrected chi connectivity index (χ2v) is 4.91. The topological polar surface area (TPSA) is 55.1 Å². The molecule has 102 valence electrons. The van der Waals surface area contributed by atoms with E-state index in [9.17, 15) is 13.2 Å². The Morgan fingerprint density at radius 2 is 2.11 bits per heavy atom. The minimum absolute atomic E-state index is 0.0338. The Hall–Kier alpha value is -1.57. The van der Waals surface area contributed by atoms with Gasteiger partial charge in [0, 0.05) is 5.56 Å². The van der Waals surface area contributed by atoms with Crippen LogP contribution in [0.1, 0.15) is 18.4 Å². The molecular formula is C10H9ClF3N5. The third kappa shape index (κ3) is 1.81. The molecule has 1 aliphatic rings. The van der Waals surface area contributed by atoms with Gasteiger partial charge in [-0.05, 0) is 19.8 Å². The van der Waals surface area contributed by atoms with Crippen molar-refractivity contribution in [3.8, 4) is 0 Å². The zero-order chi connectivity index (χ0) is 13.8. The normalized spacial score (nSPS) is 17.7. The van der Waals surface area contributed by atoms with Crippen LogP contribution in [-0.2, 0) is 0 Å². The molecule has 2 aromatic rings. The van der Waals surface area contributed by atoms with E-state index in [0.29, 0.717) is 5.56 Å². The van der Waals surface area contributed by atoms with Gasteiger partial charge in [-0.1, -0.05) is 11.6 Å². The maximum absolute atomic E-state index is 13.0. The molecule has 0 radical (unpaired) electrons. The van der Waals surface area contributed by atoms with Gasteiger partial charge in [-0.15, -0.1) is 0 Å². The lowest BCUT2D eigenvalue weighted by Gasteiger charge is -2.23. The zero-order valence-electron chi connectivity index (χ0n) is 9.79. The van der Waals surface area contributed by atoms with Gasteiger partial charge in [0.2, 0.25) is 0 Å². The minimum Gasteiger partial charge on any atom is -0.356 e. The van der Waals surface area contributed by atoms with Crippen LogP contribution in [0.5, 0.6) is 0 Å². The van der Waals surface area contributed by atoms with Crippen LogP contribution in [0.25, 0.3) is 5.78 Å². The van der Waals surface area contributed by atoms with E-state index in [1.807, 2.05) is 0 Å². The molecule has 9 heteroatoms. The van der Waals surface area contributed by atoms with Gasteiger partial charge in [0.1, 0.15) is 22.8 Å². The summed E-state index contributed by atoms with van der Waals surface area (Å²) in [7, 11) is 0. The van der Waals surface area contributed by atoms with Crippen LogP contribution in [0.3, 0.4) is 0 Å². The maximum atomic E-state index is 13.0. The van der Waals surface area contributed by atoms with Crippen molar-refractivity contribution in [3.05, 3.63) is 17.0 Å². The molecule has 0 aromatic carbocycles. The van der Waals surface area contributed by atoms with Gasteiger partial charge in [0.25, 0.3) is 5.78 Å². The summed E-state index contributed by atoms with van der Waals surface area (Å²) in [6.07, 6.45) is -3.03. The van der Waals surface area contributed by atoms with Crippen LogP contribution in [0.15, 0.2) is 6.33 Å². The molecule has 3 rings (SSSR count). The van der Waals surface area contributed by atoms with Crippen LogP contribution < -0.4 is 5.32 Å². The van der Waals surface area contributed by atoms with E-state index in [2.05, 4.69) is 20.4 Å². The van der Waals surface area contributed by atoms with Crippen molar-refractivity contribution in [2.24, 2.45) is 0 Å². The first-order valence-electron chi connectivity index (χ1n) is 5.55. The van der Waals surface area contributed by atoms with Crippen molar-refractivity contribution < 1.29 is 13.2 Å². The summed E-state index contributed by atoms with van der Waals surface area (Å²) < 4.78 is 40.2. The average Bonchev–Trinajstić information content (AvgIpc) is 2.97. The van der Waals surface area contributed by atoms with Crippen molar-refractivity contribution in [3.63, 3.8) is 0 Å². The molecule has 1 aliphatic carbocycles. The predicted molar refractivity (Wildman–Crippen MR) is 62.2 cm³/mol. The predicted octanol–water partition coefficient (Wildman–Crippen LogP) is 2.59. The lowest BCUT2D eigenvalue weighted by atomic mass is 10.2. The Labute approximate surface area is 110 Å². The molecule has 1 saturated carbocycles. The number of anilines is 1. The fraction of sp³-hybridized carbons (Fsp3) is 0.500. The summed E-state index contributed by atoms with van der Waals surface area (Å²) in [5.41, 5.74) is -1.48. The van der Waals surface area contributed by atoms with Gasteiger partial charge in [-0.25, -0.2) is 0 Å². The van der Waals surface area contributed by atoms with Gasteiger partial charge < -0.3 is 5.32 Å². The lowest BCUT2D eigenvalue weighted by molar-refractivity contribution is -0.151. The summed E-state index contributed by atoms with van der Waals surface area (Å²) >= 11 is 5.90. The molecule has 2 aromatic heterocycles. The van der Waals surface area contributed by atoms with Crippen LogP contribution in [0, 0.1) is 6.92 Å². The van der Waals surface area contributed by atoms with Crippen LogP contribution in [-0.4, -0.2) is 31.3 Å². The first kappa shape index (κ1) is 12.5. The van der Waals surface area contributed by atoms with Crippen LogP contribution >= 0.6 is 11.6 Å². The largest absolute Gasteiger partial charge is 0.411 e. The Bertz CT molecular complexity index is 646. The average molecular weight is 292 g/mol. The fourth-order valence-electron chi connectivity index (χ4n) is 1.88. The minimum atomic E-state index is -4.32. The maximum Gasteiger partial charge on any atom is 0.411 e. The van der Waals surface area contributed by atoms with Crippen LogP contribution in [0.2, 0.25) is 5.15 Å². The van der Waals surface area contributed by atoms with E-state index in [-0.39, 0.29) is 29.6 Å². The second-order valence-electron chi connectivity index (χ2n) is 4.55. The zero-order valence-corrected chi connectivity index (χ0v) is 10.5. The van der Waals surface area contributed by atoms with E-state index in [1.165, 1.54) is 10.8 Å². The number of aromatic nitrogens is 4. The second kappa shape index (κ2) is 3.72. The summed E-state index contributed by atoms with van der Waals surface area (Å²) in [6, 6.07) is 0. The van der Waals surface area contributed by atoms with Gasteiger partial charge in [-0.2, -0.15) is 32.8 Å². The van der Waals surface area contributed by atoms with Gasteiger partial charge in [0.05, 0.1) is 0 Å². The number of nitrogens with zero attached hydrogens (tertiary/aromatic N) is 4. The first-order chi connectivity index (χ1) is 8.84. The third-order valence-corrected chi connectivity index (χ3v) is 3.62. The monoisotopic (exact) mass is 291 g/mol. The number of hydrogen-bond donors (Lipinski definition) is 1. The number of rotatable bonds is 2. The van der Waals surface area contributed by atoms with Crippen molar-refractivity contribution in [2.45, 2.75) is 31.5 Å². The van der Waals surface area contributed by atoms with Crippen molar-refractivity contribution >= 4 is 23.2 Å². The van der Waals surface area contributed by atoms with Gasteiger partial charge >= 0.3 is 6.18 Å². The molecular weight excluding hydrogens is 283 g/mol. The highest BCUT2D eigenvalue weighted by Gasteiger charge is 2.64. The Balaban J connectivity index is 2.11. The summed E-state index contributed by atoms with van der Waals surface area (Å²) in [6.45, 7) is 1.59. The number of hydrogen-bond acceptors (Lipinski definition) is 4. The molecule has 5 nitrogen and oxygen atoms in total. The molecule has 0 atom stereocenters. The smallest absolute Gasteiger partial charge is 0.356 e. The molecule has 0 amide bonds. The van der Waals surface area contributed by atoms with E-state index >= 15 is 0 Å². The first-order valence-corrected chi connectivity index (χ1v) is 5.93. The van der Waals surface area contributed by atoms with Crippen LogP contribution in [0.4, 0.5) is 19.0 Å². The van der Waals surface area contributed by atoms with E-state index < -0.39 is 11.7 Å². The van der Waals surface area contributed by atoms with E-state index in [0.717, 1.165) is 0 Å². The molecule has 2 heterocycles. The van der Waals surface area contributed by atoms with Crippen molar-refractivity contribution in [2.75, 3.05) is 5.32 Å². The molecule has 1 fully saturated rings. The quantitative estimate of drug-likeness (QED) is 0.864. The van der Waals surface area contributed by atoms with Gasteiger partial charge in [-0.3, -0.25) is 0 Å². The number of nitrogens with one attached hydrogen (secondary N) is 1. The van der Waals surface area contributed by atoms with Crippen molar-refractivity contribution in [1.29, 1.82) is 0 Å². The number of halogens is 4. The molecule has 1 N–H and O–H groups in total. The Kier molecular flexibility index (Phi) is 2.44. The van der Waals surface area contributed by atoms with Crippen molar-refractivity contribution in [1.82, 2.24) is 19.6 Å². The SMILES string of the molecule is Cc1c(Cl)nc2ncnn2c1NC1(C(F)(F)F)CC1. The third-order valence-electron chi connectivity index (χ3n) is 3.25. The number of alkyl halides is 3. The lowest BCUT2D eigenvalue weighted by Crippen LogP contribution is -2.39. The molecule has 0 spiro atoms. The fourth-order valence-corrected chi connectivity index (χ4v) is 2.04. The molecule has 0 aliphatic heterocycles. The molecule has 19 heavy (non-hydrogen) atoms. The highest BCUT2D eigenvalue weighted by molar-refractivity contribution is 6.30. The Morgan fingerprint density at radius 3 is 2.68 bits per heavy atom.